The molecule has 1 spiro atoms. The minimum Gasteiger partial charge on any atom is -0.381 e. The maximum absolute atomic E-state index is 14.1. The first kappa shape index (κ1) is 23.2. The largest absolute Gasteiger partial charge is 0.381 e. The van der Waals surface area contributed by atoms with Crippen LogP contribution < -0.4 is 5.32 Å². The molecule has 0 unspecified atom stereocenters. The zero-order valence-corrected chi connectivity index (χ0v) is 20.3. The van der Waals surface area contributed by atoms with E-state index in [4.69, 9.17) is 0 Å². The summed E-state index contributed by atoms with van der Waals surface area (Å²) in [6, 6.07) is 6.84. The van der Waals surface area contributed by atoms with E-state index in [-0.39, 0.29) is 11.4 Å². The van der Waals surface area contributed by atoms with Gasteiger partial charge in [-0.3, -0.25) is 0 Å². The van der Waals surface area contributed by atoms with Crippen molar-refractivity contribution in [1.29, 1.82) is 0 Å². The van der Waals surface area contributed by atoms with E-state index in [2.05, 4.69) is 68.0 Å². The van der Waals surface area contributed by atoms with Gasteiger partial charge in [-0.05, 0) is 36.8 Å². The second-order valence-electron chi connectivity index (χ2n) is 9.54. The Morgan fingerprint density at radius 1 is 1.27 bits per heavy atom. The molecule has 0 radical (unpaired) electrons. The summed E-state index contributed by atoms with van der Waals surface area (Å²) in [4.78, 5) is 4.89. The molecule has 1 saturated carbocycles. The highest BCUT2D eigenvalue weighted by Crippen LogP contribution is 2.53. The fourth-order valence-corrected chi connectivity index (χ4v) is 5.60. The third-order valence-corrected chi connectivity index (χ3v) is 7.39. The van der Waals surface area contributed by atoms with E-state index in [9.17, 15) is 4.39 Å². The highest BCUT2D eigenvalue weighted by atomic mass is 19.1. The molecule has 1 aliphatic carbocycles. The molecule has 0 aromatic heterocycles. The van der Waals surface area contributed by atoms with Crippen LogP contribution in [-0.2, 0) is 6.54 Å². The third kappa shape index (κ3) is 3.96. The molecule has 2 heterocycles. The summed E-state index contributed by atoms with van der Waals surface area (Å²) in [6.45, 7) is 18.7. The lowest BCUT2D eigenvalue weighted by atomic mass is 9.64. The van der Waals surface area contributed by atoms with Gasteiger partial charge in [0.15, 0.2) is 0 Å². The van der Waals surface area contributed by atoms with Gasteiger partial charge in [-0.1, -0.05) is 70.4 Å². The summed E-state index contributed by atoms with van der Waals surface area (Å²) in [5, 5.41) is 3.34. The number of hydrogen-bond acceptors (Lipinski definition) is 3. The molecule has 1 saturated heterocycles. The first-order chi connectivity index (χ1) is 15.8. The third-order valence-electron chi connectivity index (χ3n) is 7.39. The number of allylic oxidation sites excluding steroid dienone is 4. The number of fused-ring (bicyclic) bond motifs is 2. The lowest BCUT2D eigenvalue weighted by molar-refractivity contribution is -0.0142. The second kappa shape index (κ2) is 9.09. The van der Waals surface area contributed by atoms with Gasteiger partial charge in [0, 0.05) is 48.7 Å². The Labute approximate surface area is 198 Å². The molecule has 0 bridgehead atoms. The second-order valence-corrected chi connectivity index (χ2v) is 9.54. The predicted molar refractivity (Wildman–Crippen MR) is 135 cm³/mol. The Morgan fingerprint density at radius 3 is 2.64 bits per heavy atom. The molecule has 1 aromatic carbocycles. The minimum atomic E-state index is -0.212. The quantitative estimate of drug-likeness (QED) is 0.522. The van der Waals surface area contributed by atoms with Gasteiger partial charge in [-0.25, -0.2) is 4.39 Å². The summed E-state index contributed by atoms with van der Waals surface area (Å²) in [5.41, 5.74) is 6.79. The van der Waals surface area contributed by atoms with Crippen LogP contribution in [0.15, 0.2) is 96.2 Å². The average molecular weight is 446 g/mol. The fourth-order valence-electron chi connectivity index (χ4n) is 5.60. The number of nitrogens with one attached hydrogen (secondary N) is 1. The lowest BCUT2D eigenvalue weighted by Gasteiger charge is -2.61. The van der Waals surface area contributed by atoms with Gasteiger partial charge in [0.2, 0.25) is 0 Å². The molecule has 174 valence electrons. The number of likely N-dealkylation sites (N-methyl/N-ethyl adjacent to an activating group) is 1. The zero-order valence-electron chi connectivity index (χ0n) is 20.3. The molecule has 3 aliphatic rings. The smallest absolute Gasteiger partial charge is 0.128 e. The summed E-state index contributed by atoms with van der Waals surface area (Å²) in [6.07, 6.45) is 11.0. The topological polar surface area (TPSA) is 18.5 Å². The van der Waals surface area contributed by atoms with E-state index in [1.54, 1.807) is 12.1 Å². The van der Waals surface area contributed by atoms with Crippen molar-refractivity contribution in [1.82, 2.24) is 15.1 Å². The molecule has 1 N–H and O–H groups in total. The Morgan fingerprint density at radius 2 is 2.00 bits per heavy atom. The lowest BCUT2D eigenvalue weighted by Crippen LogP contribution is -2.64. The molecule has 2 aliphatic heterocycles. The van der Waals surface area contributed by atoms with Crippen LogP contribution in [0.5, 0.6) is 0 Å². The Hall–Kier alpha value is -3.01. The van der Waals surface area contributed by atoms with E-state index in [1.807, 2.05) is 12.1 Å². The number of piperazine rings is 1. The monoisotopic (exact) mass is 445 g/mol. The highest BCUT2D eigenvalue weighted by molar-refractivity contribution is 5.64. The van der Waals surface area contributed by atoms with Crippen LogP contribution >= 0.6 is 0 Å². The van der Waals surface area contributed by atoms with Gasteiger partial charge in [-0.15, -0.1) is 0 Å². The summed E-state index contributed by atoms with van der Waals surface area (Å²) in [5.74, 6) is 0.545. The molecule has 4 heteroatoms. The van der Waals surface area contributed by atoms with E-state index in [1.165, 1.54) is 36.7 Å². The average Bonchev–Trinajstić information content (AvgIpc) is 2.78. The van der Waals surface area contributed by atoms with Crippen molar-refractivity contribution in [3.05, 3.63) is 108 Å². The number of rotatable bonds is 7. The molecular weight excluding hydrogens is 409 g/mol. The van der Waals surface area contributed by atoms with Crippen molar-refractivity contribution in [2.75, 3.05) is 13.6 Å². The number of hydrogen-bond donors (Lipinski definition) is 1. The van der Waals surface area contributed by atoms with Gasteiger partial charge in [-0.2, -0.15) is 0 Å². The van der Waals surface area contributed by atoms with Gasteiger partial charge in [0.25, 0.3) is 0 Å². The highest BCUT2D eigenvalue weighted by Gasteiger charge is 2.53. The van der Waals surface area contributed by atoms with Crippen molar-refractivity contribution in [2.24, 2.45) is 5.92 Å². The minimum absolute atomic E-state index is 0.0713. The van der Waals surface area contributed by atoms with Crippen LogP contribution in [0.1, 0.15) is 45.1 Å². The van der Waals surface area contributed by atoms with E-state index >= 15 is 0 Å². The molecule has 2 fully saturated rings. The van der Waals surface area contributed by atoms with Crippen LogP contribution in [0.3, 0.4) is 0 Å². The Bertz CT molecular complexity index is 1070. The molecule has 0 amide bonds. The molecule has 1 aromatic rings. The summed E-state index contributed by atoms with van der Waals surface area (Å²) < 4.78 is 14.1. The van der Waals surface area contributed by atoms with E-state index in [0.717, 1.165) is 41.3 Å². The predicted octanol–water partition coefficient (Wildman–Crippen LogP) is 6.42. The maximum Gasteiger partial charge on any atom is 0.128 e. The van der Waals surface area contributed by atoms with Crippen molar-refractivity contribution in [3.63, 3.8) is 0 Å². The van der Waals surface area contributed by atoms with Gasteiger partial charge >= 0.3 is 0 Å². The van der Waals surface area contributed by atoms with Crippen molar-refractivity contribution in [3.8, 4) is 0 Å². The fraction of sp³-hybridized carbons (Fsp3) is 0.379. The number of halogens is 1. The maximum atomic E-state index is 14.1. The normalized spacial score (nSPS) is 25.7. The molecular formula is C29H36FN3. The van der Waals surface area contributed by atoms with Crippen LogP contribution in [0.2, 0.25) is 0 Å². The van der Waals surface area contributed by atoms with E-state index < -0.39 is 0 Å². The van der Waals surface area contributed by atoms with Crippen LogP contribution in [0.25, 0.3) is 0 Å². The molecule has 33 heavy (non-hydrogen) atoms. The summed E-state index contributed by atoms with van der Waals surface area (Å²) >= 11 is 0. The summed E-state index contributed by atoms with van der Waals surface area (Å²) in [7, 11) is 2.20. The van der Waals surface area contributed by atoms with Crippen molar-refractivity contribution in [2.45, 2.75) is 51.6 Å². The number of nitrogens with zero attached hydrogens (tertiary/aromatic N) is 2. The molecule has 3 nitrogen and oxygen atoms in total. The van der Waals surface area contributed by atoms with Gasteiger partial charge in [0.05, 0.1) is 16.9 Å². The Balaban J connectivity index is 1.70. The van der Waals surface area contributed by atoms with Crippen LogP contribution in [-0.4, -0.2) is 28.9 Å². The number of benzene rings is 1. The van der Waals surface area contributed by atoms with Gasteiger partial charge in [0.1, 0.15) is 5.82 Å². The SMILES string of the molecule is C=CC1=C2/C(=C\CC)N(C)CC3(CC(CC)C3)N2C=C(C(=C)NCc2ccccc2F)C1=C. The Kier molecular flexibility index (Phi) is 6.38. The van der Waals surface area contributed by atoms with Gasteiger partial charge < -0.3 is 15.1 Å². The molecule has 0 atom stereocenters. The first-order valence-corrected chi connectivity index (χ1v) is 12.0. The van der Waals surface area contributed by atoms with Crippen LogP contribution in [0.4, 0.5) is 4.39 Å². The standard InChI is InChI=1S/C29H36FN3/c1-7-12-27-28-24(9-3)20(4)25(21(5)31-17-23-13-10-11-14-26(23)30)18-33(28)29(19-32(27)6)15-22(8-2)16-29/h9-14,18,22,31H,3-5,7-8,15-17,19H2,1-2,6H3/b27-12+. The van der Waals surface area contributed by atoms with Crippen molar-refractivity contribution < 1.29 is 4.39 Å². The van der Waals surface area contributed by atoms with Crippen LogP contribution in [0, 0.1) is 11.7 Å². The zero-order chi connectivity index (χ0) is 23.8. The molecule has 4 rings (SSSR count). The van der Waals surface area contributed by atoms with Crippen molar-refractivity contribution >= 4 is 0 Å². The first-order valence-electron chi connectivity index (χ1n) is 12.0. The van der Waals surface area contributed by atoms with E-state index in [0.29, 0.717) is 12.1 Å².